The molecule has 0 bridgehead atoms. The van der Waals surface area contributed by atoms with E-state index in [1.54, 1.807) is 6.20 Å². The second-order valence-electron chi connectivity index (χ2n) is 6.19. The van der Waals surface area contributed by atoms with Gasteiger partial charge in [0.15, 0.2) is 0 Å². The Labute approximate surface area is 126 Å². The van der Waals surface area contributed by atoms with Gasteiger partial charge in [-0.3, -0.25) is 0 Å². The first-order valence-electron chi connectivity index (χ1n) is 7.58. The number of benzene rings is 1. The van der Waals surface area contributed by atoms with Crippen LogP contribution in [0.4, 0.5) is 5.69 Å². The molecule has 0 spiro atoms. The highest BCUT2D eigenvalue weighted by atomic mass is 16.5. The van der Waals surface area contributed by atoms with Crippen LogP contribution >= 0.6 is 0 Å². The fraction of sp³-hybridized carbons (Fsp3) is 0.471. The Morgan fingerprint density at radius 3 is 2.86 bits per heavy atom. The first-order valence-corrected chi connectivity index (χ1v) is 7.58. The summed E-state index contributed by atoms with van der Waals surface area (Å²) in [4.78, 5) is 4.13. The summed E-state index contributed by atoms with van der Waals surface area (Å²) in [5, 5.41) is 3.69. The van der Waals surface area contributed by atoms with Crippen molar-refractivity contribution in [2.24, 2.45) is 5.41 Å². The van der Waals surface area contributed by atoms with Crippen LogP contribution in [0.5, 0.6) is 0 Å². The third-order valence-electron chi connectivity index (χ3n) is 4.56. The van der Waals surface area contributed by atoms with Gasteiger partial charge >= 0.3 is 0 Å². The summed E-state index contributed by atoms with van der Waals surface area (Å²) < 4.78 is 7.84. The number of hydrogen-bond acceptors (Lipinski definition) is 3. The van der Waals surface area contributed by atoms with Gasteiger partial charge in [-0.15, -0.1) is 0 Å². The molecular formula is C17H23N3O. The number of ether oxygens (including phenoxy) is 1. The first-order chi connectivity index (χ1) is 10.1. The number of anilines is 1. The quantitative estimate of drug-likeness (QED) is 0.914. The average Bonchev–Trinajstić information content (AvgIpc) is 3.01. The molecule has 2 aromatic rings. The van der Waals surface area contributed by atoms with E-state index in [0.29, 0.717) is 12.1 Å². The van der Waals surface area contributed by atoms with Gasteiger partial charge in [-0.25, -0.2) is 4.98 Å². The zero-order valence-electron chi connectivity index (χ0n) is 12.9. The highest BCUT2D eigenvalue weighted by molar-refractivity contribution is 5.62. The monoisotopic (exact) mass is 285 g/mol. The molecule has 0 saturated heterocycles. The topological polar surface area (TPSA) is 39.1 Å². The van der Waals surface area contributed by atoms with Crippen LogP contribution in [-0.2, 0) is 4.74 Å². The lowest BCUT2D eigenvalue weighted by Gasteiger charge is -2.52. The van der Waals surface area contributed by atoms with E-state index in [-0.39, 0.29) is 5.41 Å². The number of rotatable bonds is 5. The van der Waals surface area contributed by atoms with Crippen LogP contribution in [-0.4, -0.2) is 28.3 Å². The predicted octanol–water partition coefficient (Wildman–Crippen LogP) is 3.49. The summed E-state index contributed by atoms with van der Waals surface area (Å²) in [6.07, 6.45) is 7.00. The maximum Gasteiger partial charge on any atom is 0.0992 e. The van der Waals surface area contributed by atoms with E-state index >= 15 is 0 Å². The lowest BCUT2D eigenvalue weighted by molar-refractivity contribution is -0.0975. The molecule has 112 valence electrons. The van der Waals surface area contributed by atoms with Crippen molar-refractivity contribution < 1.29 is 4.74 Å². The summed E-state index contributed by atoms with van der Waals surface area (Å²) in [7, 11) is 0. The molecule has 0 aliphatic heterocycles. The van der Waals surface area contributed by atoms with Crippen LogP contribution < -0.4 is 5.32 Å². The van der Waals surface area contributed by atoms with E-state index in [9.17, 15) is 0 Å². The Balaban J connectivity index is 1.78. The largest absolute Gasteiger partial charge is 0.380 e. The zero-order chi connectivity index (χ0) is 14.9. The van der Waals surface area contributed by atoms with Gasteiger partial charge in [0.1, 0.15) is 0 Å². The van der Waals surface area contributed by atoms with Crippen LogP contribution in [0, 0.1) is 5.41 Å². The fourth-order valence-electron chi connectivity index (χ4n) is 3.02. The minimum absolute atomic E-state index is 0.151. The van der Waals surface area contributed by atoms with E-state index in [0.717, 1.165) is 24.4 Å². The van der Waals surface area contributed by atoms with Gasteiger partial charge in [0.05, 0.1) is 23.8 Å². The maximum atomic E-state index is 5.81. The van der Waals surface area contributed by atoms with Crippen molar-refractivity contribution in [3.63, 3.8) is 0 Å². The molecule has 1 aromatic carbocycles. The lowest BCUT2D eigenvalue weighted by Crippen LogP contribution is -2.58. The van der Waals surface area contributed by atoms with Gasteiger partial charge in [-0.2, -0.15) is 0 Å². The molecule has 2 unspecified atom stereocenters. The Bertz CT molecular complexity index is 592. The van der Waals surface area contributed by atoms with Crippen LogP contribution in [0.1, 0.15) is 27.2 Å². The number of nitrogens with zero attached hydrogens (tertiary/aromatic N) is 2. The normalized spacial score (nSPS) is 23.6. The summed E-state index contributed by atoms with van der Waals surface area (Å²) in [6, 6.07) is 8.78. The fourth-order valence-corrected chi connectivity index (χ4v) is 3.02. The van der Waals surface area contributed by atoms with Gasteiger partial charge in [0, 0.05) is 30.5 Å². The third-order valence-corrected chi connectivity index (χ3v) is 4.56. The maximum absolute atomic E-state index is 5.81. The highest BCUT2D eigenvalue weighted by Crippen LogP contribution is 2.44. The van der Waals surface area contributed by atoms with Crippen molar-refractivity contribution in [3.8, 4) is 5.69 Å². The van der Waals surface area contributed by atoms with E-state index in [1.165, 1.54) is 0 Å². The molecule has 1 N–H and O–H groups in total. The Kier molecular flexibility index (Phi) is 3.72. The van der Waals surface area contributed by atoms with Crippen molar-refractivity contribution in [2.75, 3.05) is 11.9 Å². The smallest absolute Gasteiger partial charge is 0.0992 e. The molecule has 1 fully saturated rings. The zero-order valence-corrected chi connectivity index (χ0v) is 12.9. The van der Waals surface area contributed by atoms with Gasteiger partial charge < -0.3 is 14.6 Å². The van der Waals surface area contributed by atoms with E-state index in [2.05, 4.69) is 55.3 Å². The van der Waals surface area contributed by atoms with Gasteiger partial charge in [-0.1, -0.05) is 26.0 Å². The first kappa shape index (κ1) is 14.1. The Morgan fingerprint density at radius 1 is 1.38 bits per heavy atom. The molecule has 1 aromatic heterocycles. The summed E-state index contributed by atoms with van der Waals surface area (Å²) in [6.45, 7) is 7.39. The molecule has 4 nitrogen and oxygen atoms in total. The molecule has 0 amide bonds. The molecular weight excluding hydrogens is 262 g/mol. The van der Waals surface area contributed by atoms with Crippen LogP contribution in [0.25, 0.3) is 5.69 Å². The summed E-state index contributed by atoms with van der Waals surface area (Å²) >= 11 is 0. The second kappa shape index (κ2) is 5.53. The molecule has 3 rings (SSSR count). The molecule has 4 heteroatoms. The van der Waals surface area contributed by atoms with Crippen molar-refractivity contribution in [1.82, 2.24) is 9.55 Å². The van der Waals surface area contributed by atoms with Gasteiger partial charge in [0.25, 0.3) is 0 Å². The Morgan fingerprint density at radius 2 is 2.19 bits per heavy atom. The molecule has 1 saturated carbocycles. The molecule has 2 atom stereocenters. The summed E-state index contributed by atoms with van der Waals surface area (Å²) in [5.41, 5.74) is 2.42. The van der Waals surface area contributed by atoms with Crippen LogP contribution in [0.2, 0.25) is 0 Å². The average molecular weight is 285 g/mol. The number of nitrogens with one attached hydrogen (secondary N) is 1. The number of imidazole rings is 1. The van der Waals surface area contributed by atoms with Crippen molar-refractivity contribution in [2.45, 2.75) is 39.3 Å². The minimum atomic E-state index is 0.151. The predicted molar refractivity (Wildman–Crippen MR) is 84.8 cm³/mol. The SMILES string of the molecule is CCOC1CC(Nc2ccccc2-n2ccnc2)C1(C)C. The summed E-state index contributed by atoms with van der Waals surface area (Å²) in [5.74, 6) is 0. The minimum Gasteiger partial charge on any atom is -0.380 e. The van der Waals surface area contributed by atoms with E-state index in [1.807, 2.05) is 17.1 Å². The number of para-hydroxylation sites is 2. The van der Waals surface area contributed by atoms with Crippen molar-refractivity contribution in [3.05, 3.63) is 43.0 Å². The van der Waals surface area contributed by atoms with Crippen LogP contribution in [0.3, 0.4) is 0 Å². The molecule has 21 heavy (non-hydrogen) atoms. The molecule has 1 aliphatic carbocycles. The molecule has 0 radical (unpaired) electrons. The van der Waals surface area contributed by atoms with Gasteiger partial charge in [0.2, 0.25) is 0 Å². The standard InChI is InChI=1S/C17H23N3O/c1-4-21-16-11-15(17(16,2)3)19-13-7-5-6-8-14(13)20-10-9-18-12-20/h5-10,12,15-16,19H,4,11H2,1-3H3. The number of aromatic nitrogens is 2. The highest BCUT2D eigenvalue weighted by Gasteiger charge is 2.49. The molecule has 1 heterocycles. The van der Waals surface area contributed by atoms with Crippen LogP contribution in [0.15, 0.2) is 43.0 Å². The number of hydrogen-bond donors (Lipinski definition) is 1. The lowest BCUT2D eigenvalue weighted by atomic mass is 9.64. The van der Waals surface area contributed by atoms with E-state index in [4.69, 9.17) is 4.74 Å². The Hall–Kier alpha value is -1.81. The molecule has 1 aliphatic rings. The van der Waals surface area contributed by atoms with E-state index < -0.39 is 0 Å². The third kappa shape index (κ3) is 2.56. The van der Waals surface area contributed by atoms with Crippen molar-refractivity contribution >= 4 is 5.69 Å². The van der Waals surface area contributed by atoms with Crippen molar-refractivity contribution in [1.29, 1.82) is 0 Å². The second-order valence-corrected chi connectivity index (χ2v) is 6.19. The van der Waals surface area contributed by atoms with Gasteiger partial charge in [-0.05, 0) is 25.5 Å².